The van der Waals surface area contributed by atoms with E-state index in [9.17, 15) is 0 Å². The Morgan fingerprint density at radius 1 is 0.197 bits per heavy atom. The molecule has 0 nitrogen and oxygen atoms in total. The Hall–Kier alpha value is -4.51. The van der Waals surface area contributed by atoms with E-state index in [4.69, 9.17) is 0 Å². The summed E-state index contributed by atoms with van der Waals surface area (Å²) in [4.78, 5) is 0. The van der Waals surface area contributed by atoms with Gasteiger partial charge in [-0.15, -0.1) is 0 Å². The zero-order valence-electron chi connectivity index (χ0n) is 44.1. The minimum atomic E-state index is 0. The summed E-state index contributed by atoms with van der Waals surface area (Å²) < 4.78 is 0. The van der Waals surface area contributed by atoms with Crippen LogP contribution in [0.25, 0.3) is 10.8 Å². The molecule has 0 aliphatic carbocycles. The maximum absolute atomic E-state index is 2.27. The molecule has 0 bridgehead atoms. The first-order valence-corrected chi connectivity index (χ1v) is 22.0. The van der Waals surface area contributed by atoms with Gasteiger partial charge in [0.15, 0.2) is 0 Å². The van der Waals surface area contributed by atoms with Crippen LogP contribution in [0.15, 0.2) is 133 Å². The van der Waals surface area contributed by atoms with Crippen molar-refractivity contribution in [3.05, 3.63) is 237 Å². The third kappa shape index (κ3) is 29.2. The fourth-order valence-electron chi connectivity index (χ4n) is 5.56. The molecular weight excluding hydrogens is 965 g/mol. The number of rotatable bonds is 0. The van der Waals surface area contributed by atoms with E-state index in [0.29, 0.717) is 0 Å². The molecule has 0 spiro atoms. The molecule has 1 heteroatoms. The first kappa shape index (κ1) is 75.8. The fraction of sp³-hybridized carbons (Fsp3) is 0.354. The third-order valence-corrected chi connectivity index (χ3v) is 10.9. The van der Waals surface area contributed by atoms with Crippen LogP contribution >= 0.6 is 0 Å². The van der Waals surface area contributed by atoms with Crippen LogP contribution in [-0.2, 0) is 21.1 Å². The number of benzene rings is 7. The molecule has 0 aliphatic heterocycles. The van der Waals surface area contributed by atoms with Gasteiger partial charge in [-0.3, -0.25) is 0 Å². The van der Waals surface area contributed by atoms with E-state index in [0.717, 1.165) is 0 Å². The van der Waals surface area contributed by atoms with Crippen molar-refractivity contribution in [3.63, 3.8) is 0 Å². The molecule has 0 saturated heterocycles. The summed E-state index contributed by atoms with van der Waals surface area (Å²) in [5, 5.41) is 2.72. The topological polar surface area (TPSA) is 0 Å². The van der Waals surface area contributed by atoms with Crippen LogP contribution in [0.4, 0.5) is 0 Å². The van der Waals surface area contributed by atoms with Gasteiger partial charge in [-0.25, -0.2) is 0 Å². The molecule has 7 aromatic rings. The zero-order valence-corrected chi connectivity index (χ0v) is 47.0. The van der Waals surface area contributed by atoms with E-state index >= 15 is 0 Å². The molecule has 0 atom stereocenters. The van der Waals surface area contributed by atoms with Crippen molar-refractivity contribution in [1.82, 2.24) is 0 Å². The van der Waals surface area contributed by atoms with Gasteiger partial charge in [-0.2, -0.15) is 0 Å². The second kappa shape index (κ2) is 41.9. The van der Waals surface area contributed by atoms with E-state index in [1.54, 1.807) is 0 Å². The molecule has 66 heavy (non-hydrogen) atoms. The number of fused-ring (bicyclic) bond motifs is 1. The predicted molar refractivity (Wildman–Crippen MR) is 308 cm³/mol. The second-order valence-electron chi connectivity index (χ2n) is 15.6. The smallest absolute Gasteiger partial charge is 0.358 e. The Kier molecular flexibility index (Phi) is 48.1. The van der Waals surface area contributed by atoms with E-state index in [1.807, 2.05) is 27.7 Å². The standard InChI is InChI=1S/C14H16.C10H14.4C8H10.2C2H6.3CH4.2CH3.W/c1-9-5-13-7-11(3)12(4)8-14(13)6-10(9)2;1-7-5-9(3)10(4)6-8(7)2;4*1-7-5-3-4-6-8(7)2;2*1-2;;;;;;/h5-8H,1-4H3;5-6H,1-4H3;4*3-6H,1-2H3;2*1-2H3;3*1H4;2*1H3;/q;;;;;;;;;;;2*-1;+2. The summed E-state index contributed by atoms with van der Waals surface area (Å²) in [6.07, 6.45) is 0. The number of aryl methyl sites for hydroxylation is 16. The van der Waals surface area contributed by atoms with Gasteiger partial charge in [-0.05, 0) is 211 Å². The molecule has 0 N–H and O–H groups in total. The van der Waals surface area contributed by atoms with Crippen LogP contribution < -0.4 is 0 Å². The van der Waals surface area contributed by atoms with Gasteiger partial charge < -0.3 is 14.9 Å². The minimum Gasteiger partial charge on any atom is -0.358 e. The maximum Gasteiger partial charge on any atom is 2.00 e. The van der Waals surface area contributed by atoms with E-state index in [2.05, 4.69) is 244 Å². The average Bonchev–Trinajstić information content (AvgIpc) is 3.23. The van der Waals surface area contributed by atoms with Crippen molar-refractivity contribution in [3.8, 4) is 0 Å². The summed E-state index contributed by atoms with van der Waals surface area (Å²) in [5.41, 5.74) is 22.0. The summed E-state index contributed by atoms with van der Waals surface area (Å²) in [6.45, 7) is 42.3. The van der Waals surface area contributed by atoms with Gasteiger partial charge in [0.05, 0.1) is 0 Å². The monoisotopic (exact) mass is 1060 g/mol. The molecule has 7 rings (SSSR count). The molecule has 0 aliphatic rings. The molecule has 0 fully saturated rings. The van der Waals surface area contributed by atoms with Crippen LogP contribution in [0.5, 0.6) is 0 Å². The van der Waals surface area contributed by atoms with E-state index < -0.39 is 0 Å². The molecule has 366 valence electrons. The first-order valence-electron chi connectivity index (χ1n) is 22.0. The van der Waals surface area contributed by atoms with Crippen LogP contribution in [0, 0.1) is 126 Å². The molecule has 0 heterocycles. The van der Waals surface area contributed by atoms with Crippen molar-refractivity contribution in [2.75, 3.05) is 0 Å². The molecule has 0 unspecified atom stereocenters. The van der Waals surface area contributed by atoms with Crippen molar-refractivity contribution in [1.29, 1.82) is 0 Å². The summed E-state index contributed by atoms with van der Waals surface area (Å²) in [6, 6.07) is 47.0. The quantitative estimate of drug-likeness (QED) is 0.133. The molecular formula is C65H100W. The maximum atomic E-state index is 2.27. The van der Waals surface area contributed by atoms with Crippen molar-refractivity contribution < 1.29 is 21.1 Å². The molecule has 7 aromatic carbocycles. The Labute approximate surface area is 427 Å². The van der Waals surface area contributed by atoms with Crippen LogP contribution in [0.2, 0.25) is 0 Å². The molecule has 0 aromatic heterocycles. The average molecular weight is 1070 g/mol. The molecule has 0 amide bonds. The Morgan fingerprint density at radius 2 is 0.303 bits per heavy atom. The number of hydrogen-bond acceptors (Lipinski definition) is 0. The van der Waals surface area contributed by atoms with Crippen LogP contribution in [0.3, 0.4) is 0 Å². The van der Waals surface area contributed by atoms with Crippen molar-refractivity contribution >= 4 is 10.8 Å². The summed E-state index contributed by atoms with van der Waals surface area (Å²) in [5.74, 6) is 0. The van der Waals surface area contributed by atoms with Crippen molar-refractivity contribution in [2.24, 2.45) is 0 Å². The van der Waals surface area contributed by atoms with Crippen LogP contribution in [0.1, 0.15) is 139 Å². The van der Waals surface area contributed by atoms with E-state index in [1.165, 1.54) is 99.8 Å². The Balaban J connectivity index is -0.000000124. The molecule has 0 saturated carbocycles. The van der Waals surface area contributed by atoms with Gasteiger partial charge in [0.1, 0.15) is 0 Å². The van der Waals surface area contributed by atoms with Gasteiger partial charge in [0, 0.05) is 0 Å². The van der Waals surface area contributed by atoms with Gasteiger partial charge in [-0.1, -0.05) is 183 Å². The fourth-order valence-corrected chi connectivity index (χ4v) is 5.56. The first-order chi connectivity index (χ1) is 28.4. The third-order valence-electron chi connectivity index (χ3n) is 10.9. The SMILES string of the molecule is C.C.C.CC.CC.Cc1cc(C)c(C)cc1C.Cc1cc2cc(C)c(C)cc2cc1C.Cc1ccccc1C.Cc1ccccc1C.Cc1ccccc1C.Cc1ccccc1C.[CH3-].[CH3-].[W+2]. The van der Waals surface area contributed by atoms with Gasteiger partial charge in [0.25, 0.3) is 0 Å². The van der Waals surface area contributed by atoms with E-state index in [-0.39, 0.29) is 58.2 Å². The number of hydrogen-bond donors (Lipinski definition) is 0. The van der Waals surface area contributed by atoms with Crippen LogP contribution in [-0.4, -0.2) is 0 Å². The normalized spacial score (nSPS) is 8.48. The minimum absolute atomic E-state index is 0. The summed E-state index contributed by atoms with van der Waals surface area (Å²) in [7, 11) is 0. The van der Waals surface area contributed by atoms with Gasteiger partial charge in [0.2, 0.25) is 0 Å². The largest absolute Gasteiger partial charge is 2.00 e. The zero-order chi connectivity index (χ0) is 45.9. The van der Waals surface area contributed by atoms with Crippen molar-refractivity contribution in [2.45, 2.75) is 161 Å². The second-order valence-corrected chi connectivity index (χ2v) is 15.6. The molecule has 0 radical (unpaired) electrons. The predicted octanol–water partition coefficient (Wildman–Crippen LogP) is 21.1. The Bertz CT molecular complexity index is 1870. The summed E-state index contributed by atoms with van der Waals surface area (Å²) >= 11 is 0. The Morgan fingerprint density at radius 3 is 0.409 bits per heavy atom. The van der Waals surface area contributed by atoms with Gasteiger partial charge >= 0.3 is 21.1 Å².